The third kappa shape index (κ3) is 4.29. The summed E-state index contributed by atoms with van der Waals surface area (Å²) in [6.45, 7) is 1.85. The molecule has 1 aliphatic rings. The van der Waals surface area contributed by atoms with Crippen molar-refractivity contribution in [1.82, 2.24) is 0 Å². The van der Waals surface area contributed by atoms with Crippen LogP contribution in [0.3, 0.4) is 0 Å². The molecule has 2 aromatic carbocycles. The van der Waals surface area contributed by atoms with Crippen molar-refractivity contribution >= 4 is 23.2 Å². The third-order valence-corrected chi connectivity index (χ3v) is 4.95. The van der Waals surface area contributed by atoms with Gasteiger partial charge in [0.05, 0.1) is 0 Å². The van der Waals surface area contributed by atoms with Crippen LogP contribution in [0, 0.1) is 12.8 Å². The van der Waals surface area contributed by atoms with Crippen LogP contribution in [0.2, 0.25) is 0 Å². The predicted octanol–water partition coefficient (Wildman–Crippen LogP) is 3.70. The lowest BCUT2D eigenvalue weighted by Gasteiger charge is -2.26. The Morgan fingerprint density at radius 3 is 2.50 bits per heavy atom. The molecule has 5 heteroatoms. The summed E-state index contributed by atoms with van der Waals surface area (Å²) in [5, 5.41) is 5.87. The number of nitrogens with two attached hydrogens (primary N) is 1. The van der Waals surface area contributed by atoms with Crippen LogP contribution in [0.4, 0.5) is 11.4 Å². The van der Waals surface area contributed by atoms with Gasteiger partial charge in [0.2, 0.25) is 5.91 Å². The lowest BCUT2D eigenvalue weighted by molar-refractivity contribution is -0.120. The van der Waals surface area contributed by atoms with Crippen molar-refractivity contribution in [3.05, 3.63) is 59.7 Å². The quantitative estimate of drug-likeness (QED) is 0.785. The molecule has 2 amide bonds. The van der Waals surface area contributed by atoms with Gasteiger partial charge in [-0.25, -0.2) is 0 Å². The summed E-state index contributed by atoms with van der Waals surface area (Å²) < 4.78 is 0. The maximum absolute atomic E-state index is 12.6. The van der Waals surface area contributed by atoms with Crippen molar-refractivity contribution in [1.29, 1.82) is 0 Å². The Bertz CT molecular complexity index is 789. The summed E-state index contributed by atoms with van der Waals surface area (Å²) in [6, 6.07) is 14.8. The van der Waals surface area contributed by atoms with Gasteiger partial charge in [0.15, 0.2) is 0 Å². The molecule has 1 saturated carbocycles. The summed E-state index contributed by atoms with van der Waals surface area (Å²) in [7, 11) is 0. The van der Waals surface area contributed by atoms with E-state index in [-0.39, 0.29) is 23.8 Å². The van der Waals surface area contributed by atoms with Crippen LogP contribution >= 0.6 is 0 Å². The first-order valence-corrected chi connectivity index (χ1v) is 9.07. The van der Waals surface area contributed by atoms with Crippen molar-refractivity contribution in [2.45, 2.75) is 38.6 Å². The Morgan fingerprint density at radius 2 is 1.77 bits per heavy atom. The average Bonchev–Trinajstić information content (AvgIpc) is 2.64. The monoisotopic (exact) mass is 351 g/mol. The highest BCUT2D eigenvalue weighted by atomic mass is 16.2. The third-order valence-electron chi connectivity index (χ3n) is 4.95. The molecule has 0 spiro atoms. The van der Waals surface area contributed by atoms with E-state index in [0.29, 0.717) is 11.3 Å². The molecule has 0 aliphatic heterocycles. The maximum atomic E-state index is 12.6. The molecule has 5 nitrogen and oxygen atoms in total. The van der Waals surface area contributed by atoms with Crippen LogP contribution in [0.1, 0.15) is 41.6 Å². The van der Waals surface area contributed by atoms with Crippen LogP contribution in [0.5, 0.6) is 0 Å². The number of hydrogen-bond donors (Lipinski definition) is 3. The Kier molecular flexibility index (Phi) is 5.68. The van der Waals surface area contributed by atoms with Gasteiger partial charge in [0, 0.05) is 28.9 Å². The number of nitrogens with one attached hydrogen (secondary N) is 2. The molecule has 0 bridgehead atoms. The van der Waals surface area contributed by atoms with E-state index in [1.54, 1.807) is 12.1 Å². The minimum absolute atomic E-state index is 0.0103. The largest absolute Gasteiger partial charge is 0.328 e. The first kappa shape index (κ1) is 18.1. The number of carbonyl (C=O) groups excluding carboxylic acids is 2. The first-order chi connectivity index (χ1) is 12.5. The molecule has 0 radical (unpaired) electrons. The molecule has 1 aliphatic carbocycles. The Labute approximate surface area is 154 Å². The van der Waals surface area contributed by atoms with E-state index < -0.39 is 0 Å². The van der Waals surface area contributed by atoms with E-state index in [9.17, 15) is 9.59 Å². The second-order valence-corrected chi connectivity index (χ2v) is 6.91. The van der Waals surface area contributed by atoms with Gasteiger partial charge < -0.3 is 16.4 Å². The smallest absolute Gasteiger partial charge is 0.256 e. The summed E-state index contributed by atoms with van der Waals surface area (Å²) in [5.41, 5.74) is 8.71. The molecule has 0 saturated heterocycles. The molecule has 136 valence electrons. The zero-order chi connectivity index (χ0) is 18.5. The molecular formula is C21H25N3O2. The van der Waals surface area contributed by atoms with Gasteiger partial charge in [-0.3, -0.25) is 9.59 Å². The van der Waals surface area contributed by atoms with E-state index in [2.05, 4.69) is 10.6 Å². The van der Waals surface area contributed by atoms with Gasteiger partial charge >= 0.3 is 0 Å². The number of hydrogen-bond acceptors (Lipinski definition) is 3. The molecule has 26 heavy (non-hydrogen) atoms. The Balaban J connectivity index is 1.72. The first-order valence-electron chi connectivity index (χ1n) is 9.07. The fourth-order valence-corrected chi connectivity index (χ4v) is 3.44. The Hall–Kier alpha value is -2.66. The van der Waals surface area contributed by atoms with E-state index >= 15 is 0 Å². The second-order valence-electron chi connectivity index (χ2n) is 6.91. The van der Waals surface area contributed by atoms with Gasteiger partial charge in [-0.1, -0.05) is 30.7 Å². The van der Waals surface area contributed by atoms with Crippen molar-refractivity contribution in [3.8, 4) is 0 Å². The normalized spacial score (nSPS) is 19.6. The van der Waals surface area contributed by atoms with E-state index in [4.69, 9.17) is 5.73 Å². The molecule has 3 rings (SSSR count). The van der Waals surface area contributed by atoms with Crippen molar-refractivity contribution in [2.24, 2.45) is 11.7 Å². The molecule has 2 unspecified atom stereocenters. The Morgan fingerprint density at radius 1 is 1.00 bits per heavy atom. The summed E-state index contributed by atoms with van der Waals surface area (Å²) in [5.74, 6) is -0.256. The van der Waals surface area contributed by atoms with Crippen LogP contribution in [0.15, 0.2) is 48.5 Å². The molecule has 2 aromatic rings. The van der Waals surface area contributed by atoms with Gasteiger partial charge in [-0.15, -0.1) is 0 Å². The fourth-order valence-electron chi connectivity index (χ4n) is 3.44. The highest BCUT2D eigenvalue weighted by molar-refractivity contribution is 6.06. The number of carbonyl (C=O) groups is 2. The highest BCUT2D eigenvalue weighted by Gasteiger charge is 2.26. The van der Waals surface area contributed by atoms with E-state index in [0.717, 1.165) is 36.9 Å². The number of benzene rings is 2. The maximum Gasteiger partial charge on any atom is 0.256 e. The predicted molar refractivity (Wildman–Crippen MR) is 104 cm³/mol. The van der Waals surface area contributed by atoms with Crippen LogP contribution in [0.25, 0.3) is 0 Å². The van der Waals surface area contributed by atoms with Crippen LogP contribution in [-0.4, -0.2) is 17.9 Å². The van der Waals surface area contributed by atoms with E-state index in [1.165, 1.54) is 0 Å². The second kappa shape index (κ2) is 8.15. The van der Waals surface area contributed by atoms with Gasteiger partial charge in [0.1, 0.15) is 0 Å². The van der Waals surface area contributed by atoms with Gasteiger partial charge in [-0.05, 0) is 56.0 Å². The molecule has 0 heterocycles. The summed E-state index contributed by atoms with van der Waals surface area (Å²) >= 11 is 0. The van der Waals surface area contributed by atoms with Gasteiger partial charge in [-0.2, -0.15) is 0 Å². The molecular weight excluding hydrogens is 326 g/mol. The number of rotatable bonds is 4. The SMILES string of the molecule is Cc1c(NC(=O)C2CCCC(N)C2)cccc1C(=O)Nc1ccccc1. The zero-order valence-electron chi connectivity index (χ0n) is 15.0. The number of anilines is 2. The summed E-state index contributed by atoms with van der Waals surface area (Å²) in [6.07, 6.45) is 3.56. The minimum Gasteiger partial charge on any atom is -0.328 e. The summed E-state index contributed by atoms with van der Waals surface area (Å²) in [4.78, 5) is 25.1. The van der Waals surface area contributed by atoms with Gasteiger partial charge in [0.25, 0.3) is 5.91 Å². The molecule has 1 fully saturated rings. The van der Waals surface area contributed by atoms with Crippen molar-refractivity contribution < 1.29 is 9.59 Å². The standard InChI is InChI=1S/C21H25N3O2/c1-14-18(21(26)23-17-9-3-2-4-10-17)11-6-12-19(14)24-20(25)15-7-5-8-16(22)13-15/h2-4,6,9-12,15-16H,5,7-8,13,22H2,1H3,(H,23,26)(H,24,25). The molecule has 2 atom stereocenters. The van der Waals surface area contributed by atoms with Crippen LogP contribution in [-0.2, 0) is 4.79 Å². The van der Waals surface area contributed by atoms with Crippen molar-refractivity contribution in [2.75, 3.05) is 10.6 Å². The van der Waals surface area contributed by atoms with E-state index in [1.807, 2.05) is 43.3 Å². The van der Waals surface area contributed by atoms with Crippen molar-refractivity contribution in [3.63, 3.8) is 0 Å². The lowest BCUT2D eigenvalue weighted by atomic mass is 9.85. The average molecular weight is 351 g/mol. The lowest BCUT2D eigenvalue weighted by Crippen LogP contribution is -2.34. The topological polar surface area (TPSA) is 84.2 Å². The number of amides is 2. The minimum atomic E-state index is -0.190. The molecule has 4 N–H and O–H groups in total. The van der Waals surface area contributed by atoms with Crippen LogP contribution < -0.4 is 16.4 Å². The fraction of sp³-hybridized carbons (Fsp3) is 0.333. The molecule has 0 aromatic heterocycles. The number of para-hydroxylation sites is 1. The zero-order valence-corrected chi connectivity index (χ0v) is 15.0. The highest BCUT2D eigenvalue weighted by Crippen LogP contribution is 2.26.